The summed E-state index contributed by atoms with van der Waals surface area (Å²) in [6.07, 6.45) is 4.59. The maximum atomic E-state index is 12.6. The third kappa shape index (κ3) is 2.39. The van der Waals surface area contributed by atoms with Crippen LogP contribution in [0.1, 0.15) is 0 Å². The molecular formula is C12H12N6O2S. The Bertz CT molecular complexity index is 875. The Labute approximate surface area is 120 Å². The summed E-state index contributed by atoms with van der Waals surface area (Å²) < 4.78 is 29.0. The van der Waals surface area contributed by atoms with Gasteiger partial charge in [-0.05, 0) is 24.3 Å². The Kier molecular flexibility index (Phi) is 3.20. The van der Waals surface area contributed by atoms with Crippen molar-refractivity contribution in [3.8, 4) is 0 Å². The lowest BCUT2D eigenvalue weighted by atomic mass is 10.4. The average Bonchev–Trinajstić information content (AvgIpc) is 2.87. The molecular weight excluding hydrogens is 292 g/mol. The number of sulfonamides is 1. The van der Waals surface area contributed by atoms with Gasteiger partial charge in [-0.2, -0.15) is 8.42 Å². The van der Waals surface area contributed by atoms with Gasteiger partial charge < -0.3 is 5.43 Å². The molecule has 8 nitrogen and oxygen atoms in total. The van der Waals surface area contributed by atoms with E-state index >= 15 is 0 Å². The molecule has 0 saturated heterocycles. The monoisotopic (exact) mass is 304 g/mol. The minimum absolute atomic E-state index is 0.0580. The maximum absolute atomic E-state index is 12.6. The van der Waals surface area contributed by atoms with E-state index in [1.165, 1.54) is 16.8 Å². The number of rotatable bonds is 4. The Morgan fingerprint density at radius 1 is 1.14 bits per heavy atom. The van der Waals surface area contributed by atoms with Crippen molar-refractivity contribution in [3.05, 3.63) is 48.9 Å². The normalized spacial score (nSPS) is 11.5. The lowest BCUT2D eigenvalue weighted by molar-refractivity contribution is 0.597. The Morgan fingerprint density at radius 3 is 2.62 bits per heavy atom. The highest BCUT2D eigenvalue weighted by Crippen LogP contribution is 2.24. The molecule has 3 aromatic heterocycles. The van der Waals surface area contributed by atoms with Crippen LogP contribution in [0.2, 0.25) is 0 Å². The molecule has 0 saturated carbocycles. The minimum Gasteiger partial charge on any atom is -0.306 e. The van der Waals surface area contributed by atoms with Crippen molar-refractivity contribution in [2.45, 2.75) is 5.03 Å². The van der Waals surface area contributed by atoms with Crippen molar-refractivity contribution in [3.63, 3.8) is 0 Å². The quantitative estimate of drug-likeness (QED) is 0.485. The molecule has 3 heterocycles. The number of fused-ring (bicyclic) bond motifs is 1. The van der Waals surface area contributed by atoms with Gasteiger partial charge >= 0.3 is 0 Å². The summed E-state index contributed by atoms with van der Waals surface area (Å²) in [5.41, 5.74) is 3.19. The number of nitrogens with two attached hydrogens (primary N) is 1. The van der Waals surface area contributed by atoms with Gasteiger partial charge in [-0.15, -0.1) is 0 Å². The molecule has 3 rings (SSSR count). The molecule has 0 aromatic carbocycles. The molecule has 0 amide bonds. The molecule has 0 spiro atoms. The standard InChI is InChI=1S/C12H12N6O2S/c13-16-11-12(18-8-2-1-3-10(18)15-11)21(19,20)17-9-4-6-14-7-5-9/h1-8,16H,13H2,(H,14,17). The van der Waals surface area contributed by atoms with Crippen LogP contribution >= 0.6 is 0 Å². The third-order valence-corrected chi connectivity index (χ3v) is 4.21. The molecule has 0 unspecified atom stereocenters. The van der Waals surface area contributed by atoms with Crippen LogP contribution in [0, 0.1) is 0 Å². The minimum atomic E-state index is -3.86. The van der Waals surface area contributed by atoms with Crippen molar-refractivity contribution >= 4 is 27.2 Å². The number of hydrogen-bond donors (Lipinski definition) is 3. The van der Waals surface area contributed by atoms with E-state index in [4.69, 9.17) is 5.84 Å². The van der Waals surface area contributed by atoms with Gasteiger partial charge in [0.25, 0.3) is 10.0 Å². The largest absolute Gasteiger partial charge is 0.306 e. The SMILES string of the molecule is NNc1nc2ccccn2c1S(=O)(=O)Nc1ccncc1. The second kappa shape index (κ2) is 5.04. The lowest BCUT2D eigenvalue weighted by Crippen LogP contribution is -2.18. The van der Waals surface area contributed by atoms with Crippen molar-refractivity contribution in [2.75, 3.05) is 10.1 Å². The van der Waals surface area contributed by atoms with Gasteiger partial charge in [0, 0.05) is 18.6 Å². The van der Waals surface area contributed by atoms with Crippen molar-refractivity contribution < 1.29 is 8.42 Å². The van der Waals surface area contributed by atoms with Gasteiger partial charge in [-0.25, -0.2) is 10.8 Å². The predicted molar refractivity (Wildman–Crippen MR) is 78.0 cm³/mol. The van der Waals surface area contributed by atoms with Gasteiger partial charge in [-0.3, -0.25) is 14.1 Å². The highest BCUT2D eigenvalue weighted by Gasteiger charge is 2.25. The molecule has 4 N–H and O–H groups in total. The van der Waals surface area contributed by atoms with E-state index in [9.17, 15) is 8.42 Å². The smallest absolute Gasteiger partial charge is 0.281 e. The number of hydrogen-bond acceptors (Lipinski definition) is 6. The Morgan fingerprint density at radius 2 is 1.90 bits per heavy atom. The van der Waals surface area contributed by atoms with Crippen LogP contribution in [0.5, 0.6) is 0 Å². The highest BCUT2D eigenvalue weighted by atomic mass is 32.2. The van der Waals surface area contributed by atoms with Gasteiger partial charge in [-0.1, -0.05) is 6.07 Å². The predicted octanol–water partition coefficient (Wildman–Crippen LogP) is 0.816. The fraction of sp³-hybridized carbons (Fsp3) is 0. The Hall–Kier alpha value is -2.65. The summed E-state index contributed by atoms with van der Waals surface area (Å²) in [5, 5.41) is -0.0580. The van der Waals surface area contributed by atoms with Gasteiger partial charge in [0.05, 0.1) is 5.69 Å². The van der Waals surface area contributed by atoms with Crippen LogP contribution in [-0.2, 0) is 10.0 Å². The van der Waals surface area contributed by atoms with E-state index in [2.05, 4.69) is 20.1 Å². The number of hydrazine groups is 1. The molecule has 0 fully saturated rings. The second-order valence-electron chi connectivity index (χ2n) is 4.18. The summed E-state index contributed by atoms with van der Waals surface area (Å²) in [4.78, 5) is 7.97. The molecule has 0 aliphatic carbocycles. The number of pyridine rings is 2. The van der Waals surface area contributed by atoms with Crippen molar-refractivity contribution in [2.24, 2.45) is 5.84 Å². The van der Waals surface area contributed by atoms with Gasteiger partial charge in [0.1, 0.15) is 5.65 Å². The number of aromatic nitrogens is 3. The van der Waals surface area contributed by atoms with Crippen LogP contribution < -0.4 is 16.0 Å². The molecule has 0 bridgehead atoms. The highest BCUT2D eigenvalue weighted by molar-refractivity contribution is 7.92. The first-order chi connectivity index (χ1) is 10.1. The van der Waals surface area contributed by atoms with Crippen LogP contribution in [0.25, 0.3) is 5.65 Å². The molecule has 0 atom stereocenters. The molecule has 0 radical (unpaired) electrons. The fourth-order valence-corrected chi connectivity index (χ4v) is 3.26. The van der Waals surface area contributed by atoms with E-state index in [1.54, 1.807) is 36.5 Å². The molecule has 0 aliphatic rings. The van der Waals surface area contributed by atoms with Crippen molar-refractivity contribution in [1.82, 2.24) is 14.4 Å². The molecule has 21 heavy (non-hydrogen) atoms. The molecule has 3 aromatic rings. The van der Waals surface area contributed by atoms with Crippen LogP contribution in [0.15, 0.2) is 53.9 Å². The van der Waals surface area contributed by atoms with Crippen LogP contribution in [-0.4, -0.2) is 22.8 Å². The zero-order valence-electron chi connectivity index (χ0n) is 10.8. The summed E-state index contributed by atoms with van der Waals surface area (Å²) in [7, 11) is -3.86. The first-order valence-electron chi connectivity index (χ1n) is 5.98. The maximum Gasteiger partial charge on any atom is 0.281 e. The van der Waals surface area contributed by atoms with E-state index in [1.807, 2.05) is 0 Å². The zero-order chi connectivity index (χ0) is 14.9. The summed E-state index contributed by atoms with van der Waals surface area (Å²) in [6.45, 7) is 0. The number of nitrogen functional groups attached to an aromatic ring is 1. The van der Waals surface area contributed by atoms with Gasteiger partial charge in [0.2, 0.25) is 5.03 Å². The number of nitrogens with zero attached hydrogens (tertiary/aromatic N) is 3. The third-order valence-electron chi connectivity index (χ3n) is 2.81. The van der Waals surface area contributed by atoms with Crippen LogP contribution in [0.3, 0.4) is 0 Å². The summed E-state index contributed by atoms with van der Waals surface area (Å²) in [6, 6.07) is 8.26. The first-order valence-corrected chi connectivity index (χ1v) is 7.47. The first kappa shape index (κ1) is 13.3. The van der Waals surface area contributed by atoms with E-state index in [-0.39, 0.29) is 10.8 Å². The zero-order valence-corrected chi connectivity index (χ0v) is 11.6. The number of imidazole rings is 1. The average molecular weight is 304 g/mol. The van der Waals surface area contributed by atoms with Gasteiger partial charge in [0.15, 0.2) is 5.82 Å². The van der Waals surface area contributed by atoms with E-state index in [0.717, 1.165) is 0 Å². The lowest BCUT2D eigenvalue weighted by Gasteiger charge is -2.08. The van der Waals surface area contributed by atoms with Crippen LogP contribution in [0.4, 0.5) is 11.5 Å². The second-order valence-corrected chi connectivity index (χ2v) is 5.78. The summed E-state index contributed by atoms with van der Waals surface area (Å²) >= 11 is 0. The topological polar surface area (TPSA) is 114 Å². The number of nitrogens with one attached hydrogen (secondary N) is 2. The molecule has 108 valence electrons. The van der Waals surface area contributed by atoms with Crippen molar-refractivity contribution in [1.29, 1.82) is 0 Å². The number of anilines is 2. The van der Waals surface area contributed by atoms with E-state index < -0.39 is 10.0 Å². The molecule has 9 heteroatoms. The van der Waals surface area contributed by atoms with E-state index in [0.29, 0.717) is 11.3 Å². The summed E-state index contributed by atoms with van der Waals surface area (Å²) in [5.74, 6) is 5.45. The Balaban J connectivity index is 2.14. The molecule has 0 aliphatic heterocycles. The fourth-order valence-electron chi connectivity index (χ4n) is 1.95.